The zero-order valence-electron chi connectivity index (χ0n) is 14.6. The largest absolute Gasteiger partial charge is 0.273 e. The van der Waals surface area contributed by atoms with E-state index in [1.165, 1.54) is 51.4 Å². The summed E-state index contributed by atoms with van der Waals surface area (Å²) >= 11 is 0. The Morgan fingerprint density at radius 3 is 1.21 bits per heavy atom. The first-order chi connectivity index (χ1) is 11.7. The number of hydrogen-bond donors (Lipinski definition) is 2. The van der Waals surface area contributed by atoms with E-state index in [1.54, 1.807) is 0 Å². The maximum Gasteiger partial charge on any atom is 0.245 e. The number of nitrogens with one attached hydrogen (secondary N) is 2. The molecule has 0 aromatic carbocycles. The molecule has 2 aliphatic rings. The van der Waals surface area contributed by atoms with Gasteiger partial charge in [-0.3, -0.25) is 9.59 Å². The molecule has 24 heavy (non-hydrogen) atoms. The lowest BCUT2D eigenvalue weighted by molar-refractivity contribution is -0.120. The zero-order chi connectivity index (χ0) is 17.0. The van der Waals surface area contributed by atoms with Crippen LogP contribution in [0.1, 0.15) is 89.9 Å². The van der Waals surface area contributed by atoms with Gasteiger partial charge >= 0.3 is 0 Å². The van der Waals surface area contributed by atoms with Crippen molar-refractivity contribution >= 4 is 23.2 Å². The number of rotatable bonds is 13. The van der Waals surface area contributed by atoms with Gasteiger partial charge in [0, 0.05) is 11.4 Å². The van der Waals surface area contributed by atoms with E-state index >= 15 is 0 Å². The molecule has 6 nitrogen and oxygen atoms in total. The average Bonchev–Trinajstić information content (AvgIpc) is 3.17. The fraction of sp³-hybridized carbons (Fsp3) is 0.778. The Morgan fingerprint density at radius 2 is 0.917 bits per heavy atom. The Hall–Kier alpha value is -1.72. The average molecular weight is 334 g/mol. The third-order valence-electron chi connectivity index (χ3n) is 4.59. The molecule has 0 bridgehead atoms. The summed E-state index contributed by atoms with van der Waals surface area (Å²) in [4.78, 5) is 22.0. The number of nitrogens with zero attached hydrogens (tertiary/aromatic N) is 2. The molecule has 0 aliphatic carbocycles. The standard InChI is InChI=1S/C18H30N4O2/c23-17-13-15(19-21-17)11-9-7-5-3-1-2-4-6-8-10-12-16-14-18(24)22-20-16/h1-14H2,(H,21,23)(H,22,24). The van der Waals surface area contributed by atoms with Crippen molar-refractivity contribution in [2.45, 2.75) is 89.9 Å². The van der Waals surface area contributed by atoms with E-state index in [4.69, 9.17) is 0 Å². The second kappa shape index (κ2) is 10.9. The highest BCUT2D eigenvalue weighted by atomic mass is 16.2. The summed E-state index contributed by atoms with van der Waals surface area (Å²) < 4.78 is 0. The summed E-state index contributed by atoms with van der Waals surface area (Å²) in [5.74, 6) is 0.0674. The lowest BCUT2D eigenvalue weighted by Gasteiger charge is -2.03. The van der Waals surface area contributed by atoms with E-state index in [9.17, 15) is 9.59 Å². The van der Waals surface area contributed by atoms with E-state index in [0.29, 0.717) is 12.8 Å². The molecule has 0 unspecified atom stereocenters. The first-order valence-corrected chi connectivity index (χ1v) is 9.42. The molecule has 0 saturated heterocycles. The molecule has 0 saturated carbocycles. The smallest absolute Gasteiger partial charge is 0.245 e. The molecule has 6 heteroatoms. The Balaban J connectivity index is 1.29. The van der Waals surface area contributed by atoms with Crippen molar-refractivity contribution in [3.05, 3.63) is 0 Å². The minimum Gasteiger partial charge on any atom is -0.273 e. The van der Waals surface area contributed by atoms with Gasteiger partial charge in [-0.2, -0.15) is 10.2 Å². The van der Waals surface area contributed by atoms with Gasteiger partial charge in [0.05, 0.1) is 12.8 Å². The van der Waals surface area contributed by atoms with Gasteiger partial charge in [-0.1, -0.05) is 51.4 Å². The Kier molecular flexibility index (Phi) is 8.49. The van der Waals surface area contributed by atoms with Crippen LogP contribution < -0.4 is 10.9 Å². The second-order valence-corrected chi connectivity index (χ2v) is 6.82. The molecule has 0 fully saturated rings. The van der Waals surface area contributed by atoms with Crippen LogP contribution in [-0.4, -0.2) is 23.2 Å². The summed E-state index contributed by atoms with van der Waals surface area (Å²) in [6.07, 6.45) is 15.6. The number of hydrogen-bond acceptors (Lipinski definition) is 4. The predicted molar refractivity (Wildman–Crippen MR) is 95.8 cm³/mol. The molecule has 2 rings (SSSR count). The third kappa shape index (κ3) is 7.70. The zero-order valence-corrected chi connectivity index (χ0v) is 14.6. The van der Waals surface area contributed by atoms with Crippen LogP contribution in [0.2, 0.25) is 0 Å². The van der Waals surface area contributed by atoms with Gasteiger partial charge in [-0.05, 0) is 25.7 Å². The molecule has 0 aromatic heterocycles. The van der Waals surface area contributed by atoms with Crippen molar-refractivity contribution in [1.82, 2.24) is 10.9 Å². The topological polar surface area (TPSA) is 82.9 Å². The van der Waals surface area contributed by atoms with Crippen molar-refractivity contribution < 1.29 is 9.59 Å². The summed E-state index contributed by atoms with van der Waals surface area (Å²) in [6.45, 7) is 0. The normalized spacial score (nSPS) is 16.8. The van der Waals surface area contributed by atoms with Crippen LogP contribution >= 0.6 is 0 Å². The predicted octanol–water partition coefficient (Wildman–Crippen LogP) is 3.42. The van der Waals surface area contributed by atoms with E-state index in [0.717, 1.165) is 37.1 Å². The van der Waals surface area contributed by atoms with Gasteiger partial charge in [-0.25, -0.2) is 10.9 Å². The van der Waals surface area contributed by atoms with Gasteiger partial charge in [0.1, 0.15) is 0 Å². The summed E-state index contributed by atoms with van der Waals surface area (Å²) in [5.41, 5.74) is 7.04. The molecular formula is C18H30N4O2. The maximum atomic E-state index is 11.0. The summed E-state index contributed by atoms with van der Waals surface area (Å²) in [6, 6.07) is 0. The van der Waals surface area contributed by atoms with Gasteiger partial charge < -0.3 is 0 Å². The molecule has 134 valence electrons. The fourth-order valence-corrected chi connectivity index (χ4v) is 3.17. The maximum absolute atomic E-state index is 11.0. The molecule has 0 spiro atoms. The van der Waals surface area contributed by atoms with Crippen molar-refractivity contribution in [3.63, 3.8) is 0 Å². The monoisotopic (exact) mass is 334 g/mol. The third-order valence-corrected chi connectivity index (χ3v) is 4.59. The van der Waals surface area contributed by atoms with Gasteiger partial charge in [0.15, 0.2) is 0 Å². The van der Waals surface area contributed by atoms with Crippen molar-refractivity contribution in [3.8, 4) is 0 Å². The van der Waals surface area contributed by atoms with Crippen molar-refractivity contribution in [1.29, 1.82) is 0 Å². The summed E-state index contributed by atoms with van der Waals surface area (Å²) in [7, 11) is 0. The molecule has 2 aliphatic heterocycles. The minimum atomic E-state index is 0.0337. The molecular weight excluding hydrogens is 304 g/mol. The number of unbranched alkanes of at least 4 members (excludes halogenated alkanes) is 9. The number of hydrazone groups is 2. The van der Waals surface area contributed by atoms with Crippen LogP contribution in [0, 0.1) is 0 Å². The first kappa shape index (κ1) is 18.6. The number of carbonyl (C=O) groups excluding carboxylic acids is 2. The molecule has 0 radical (unpaired) electrons. The van der Waals surface area contributed by atoms with Crippen LogP contribution in [0.25, 0.3) is 0 Å². The Morgan fingerprint density at radius 1 is 0.583 bits per heavy atom. The van der Waals surface area contributed by atoms with Crippen LogP contribution in [0.4, 0.5) is 0 Å². The summed E-state index contributed by atoms with van der Waals surface area (Å²) in [5, 5.41) is 8.04. The van der Waals surface area contributed by atoms with Crippen LogP contribution in [0.5, 0.6) is 0 Å². The Labute approximate surface area is 144 Å². The van der Waals surface area contributed by atoms with Crippen LogP contribution in [0.3, 0.4) is 0 Å². The molecule has 0 aromatic rings. The first-order valence-electron chi connectivity index (χ1n) is 9.42. The number of carbonyl (C=O) groups is 2. The van der Waals surface area contributed by atoms with Gasteiger partial charge in [-0.15, -0.1) is 0 Å². The molecule has 2 amide bonds. The Bertz CT molecular complexity index is 441. The van der Waals surface area contributed by atoms with Crippen molar-refractivity contribution in [2.75, 3.05) is 0 Å². The van der Waals surface area contributed by atoms with Crippen LogP contribution in [-0.2, 0) is 9.59 Å². The lowest BCUT2D eigenvalue weighted by Crippen LogP contribution is -2.09. The molecule has 0 atom stereocenters. The quantitative estimate of drug-likeness (QED) is 0.506. The van der Waals surface area contributed by atoms with Gasteiger partial charge in [0.25, 0.3) is 0 Å². The minimum absolute atomic E-state index is 0.0337. The van der Waals surface area contributed by atoms with E-state index in [-0.39, 0.29) is 11.8 Å². The van der Waals surface area contributed by atoms with E-state index < -0.39 is 0 Å². The SMILES string of the molecule is O=C1CC(CCCCCCCCCCCCC2=NNC(=O)C2)=NN1. The lowest BCUT2D eigenvalue weighted by atomic mass is 10.0. The highest BCUT2D eigenvalue weighted by molar-refractivity contribution is 6.05. The van der Waals surface area contributed by atoms with E-state index in [1.807, 2.05) is 0 Å². The second-order valence-electron chi connectivity index (χ2n) is 6.82. The van der Waals surface area contributed by atoms with Crippen LogP contribution in [0.15, 0.2) is 10.2 Å². The van der Waals surface area contributed by atoms with Gasteiger partial charge in [0.2, 0.25) is 11.8 Å². The highest BCUT2D eigenvalue weighted by Gasteiger charge is 2.14. The molecule has 2 heterocycles. The van der Waals surface area contributed by atoms with Crippen molar-refractivity contribution in [2.24, 2.45) is 10.2 Å². The highest BCUT2D eigenvalue weighted by Crippen LogP contribution is 2.14. The number of amides is 2. The fourth-order valence-electron chi connectivity index (χ4n) is 3.17. The molecule has 2 N–H and O–H groups in total. The van der Waals surface area contributed by atoms with E-state index in [2.05, 4.69) is 21.1 Å².